The molecule has 0 radical (unpaired) electrons. The molecule has 0 saturated carbocycles. The van der Waals surface area contributed by atoms with Crippen molar-refractivity contribution in [1.82, 2.24) is 14.7 Å². The first-order valence-corrected chi connectivity index (χ1v) is 11.6. The Balaban J connectivity index is 1.25. The lowest BCUT2D eigenvalue weighted by atomic mass is 9.95. The summed E-state index contributed by atoms with van der Waals surface area (Å²) >= 11 is 0. The van der Waals surface area contributed by atoms with Gasteiger partial charge in [-0.15, -0.1) is 0 Å². The van der Waals surface area contributed by atoms with Gasteiger partial charge >= 0.3 is 0 Å². The average Bonchev–Trinajstić information content (AvgIpc) is 3.16. The number of aromatic nitrogens is 2. The summed E-state index contributed by atoms with van der Waals surface area (Å²) in [7, 11) is 0. The van der Waals surface area contributed by atoms with Crippen LogP contribution in [0, 0.1) is 18.7 Å². The predicted molar refractivity (Wildman–Crippen MR) is 127 cm³/mol. The molecule has 1 aliphatic heterocycles. The fourth-order valence-corrected chi connectivity index (χ4v) is 4.18. The van der Waals surface area contributed by atoms with Crippen LogP contribution in [0.2, 0.25) is 0 Å². The predicted octanol–water partition coefficient (Wildman–Crippen LogP) is 5.38. The normalized spacial score (nSPS) is 14.9. The summed E-state index contributed by atoms with van der Waals surface area (Å²) in [4.78, 5) is 15.2. The Labute approximate surface area is 194 Å². The maximum atomic E-state index is 13.7. The number of carbonyl (C=O) groups is 1. The monoisotopic (exact) mass is 450 g/mol. The second-order valence-electron chi connectivity index (χ2n) is 8.57. The molecular formula is C26H31FN4O2. The van der Waals surface area contributed by atoms with E-state index in [1.807, 2.05) is 6.20 Å². The number of amides is 1. The Morgan fingerprint density at radius 3 is 2.58 bits per heavy atom. The van der Waals surface area contributed by atoms with Gasteiger partial charge in [0.05, 0.1) is 6.20 Å². The summed E-state index contributed by atoms with van der Waals surface area (Å²) in [6.07, 6.45) is 4.72. The molecule has 2 aromatic carbocycles. The molecule has 0 atom stereocenters. The molecule has 33 heavy (non-hydrogen) atoms. The zero-order valence-electron chi connectivity index (χ0n) is 19.3. The molecule has 0 bridgehead atoms. The summed E-state index contributed by atoms with van der Waals surface area (Å²) in [5.74, 6) is 0.327. The second-order valence-corrected chi connectivity index (χ2v) is 8.57. The Morgan fingerprint density at radius 2 is 1.88 bits per heavy atom. The first-order chi connectivity index (χ1) is 16.0. The highest BCUT2D eigenvalue weighted by atomic mass is 19.1. The van der Waals surface area contributed by atoms with Gasteiger partial charge in [-0.25, -0.2) is 4.39 Å². The van der Waals surface area contributed by atoms with E-state index in [0.29, 0.717) is 11.4 Å². The Hall–Kier alpha value is -3.19. The van der Waals surface area contributed by atoms with E-state index in [9.17, 15) is 9.18 Å². The number of aryl methyl sites for hydroxylation is 1. The third-order valence-electron chi connectivity index (χ3n) is 6.18. The van der Waals surface area contributed by atoms with Crippen LogP contribution in [0.15, 0.2) is 54.7 Å². The van der Waals surface area contributed by atoms with Crippen LogP contribution in [0.5, 0.6) is 11.5 Å². The Kier molecular flexibility index (Phi) is 7.40. The zero-order valence-corrected chi connectivity index (χ0v) is 19.3. The minimum absolute atomic E-state index is 0.000460. The Morgan fingerprint density at radius 1 is 1.15 bits per heavy atom. The number of piperidine rings is 1. The van der Waals surface area contributed by atoms with Crippen LogP contribution >= 0.6 is 0 Å². The molecule has 1 aromatic heterocycles. The van der Waals surface area contributed by atoms with Crippen molar-refractivity contribution in [3.05, 3.63) is 71.8 Å². The van der Waals surface area contributed by atoms with Crippen molar-refractivity contribution in [2.75, 3.05) is 18.4 Å². The molecule has 174 valence electrons. The van der Waals surface area contributed by atoms with Crippen molar-refractivity contribution in [2.24, 2.45) is 5.92 Å². The zero-order chi connectivity index (χ0) is 23.2. The van der Waals surface area contributed by atoms with E-state index in [-0.39, 0.29) is 17.6 Å². The lowest BCUT2D eigenvalue weighted by Gasteiger charge is -2.31. The van der Waals surface area contributed by atoms with Crippen LogP contribution in [0.4, 0.5) is 10.1 Å². The van der Waals surface area contributed by atoms with E-state index in [1.54, 1.807) is 42.5 Å². The maximum Gasteiger partial charge on any atom is 0.227 e. The number of benzene rings is 2. The van der Waals surface area contributed by atoms with Gasteiger partial charge in [0.1, 0.15) is 5.75 Å². The molecule has 4 rings (SSSR count). The fraction of sp³-hybridized carbons (Fsp3) is 0.385. The number of carbonyl (C=O) groups excluding carboxylic acids is 1. The van der Waals surface area contributed by atoms with Gasteiger partial charge in [0.15, 0.2) is 11.6 Å². The van der Waals surface area contributed by atoms with Crippen molar-refractivity contribution in [2.45, 2.75) is 46.2 Å². The van der Waals surface area contributed by atoms with Gasteiger partial charge < -0.3 is 10.1 Å². The number of likely N-dealkylation sites (tertiary alicyclic amines) is 1. The number of hydrogen-bond donors (Lipinski definition) is 1. The number of nitrogens with zero attached hydrogens (tertiary/aromatic N) is 3. The number of ether oxygens (including phenoxy) is 1. The van der Waals surface area contributed by atoms with Crippen LogP contribution in [0.1, 0.15) is 37.4 Å². The SMILES string of the molecule is CCCn1ncc(CN2CCC(C(=O)Nc3ccc(Oc4ccccc4F)cc3)CC2)c1C. The third-order valence-corrected chi connectivity index (χ3v) is 6.18. The van der Waals surface area contributed by atoms with E-state index in [1.165, 1.54) is 17.3 Å². The van der Waals surface area contributed by atoms with Crippen LogP contribution in [0.3, 0.4) is 0 Å². The largest absolute Gasteiger partial charge is 0.454 e. The number of rotatable bonds is 8. The average molecular weight is 451 g/mol. The number of halogens is 1. The minimum atomic E-state index is -0.411. The molecule has 7 heteroatoms. The number of nitrogens with one attached hydrogen (secondary N) is 1. The smallest absolute Gasteiger partial charge is 0.227 e. The van der Waals surface area contributed by atoms with E-state index >= 15 is 0 Å². The van der Waals surface area contributed by atoms with Crippen LogP contribution < -0.4 is 10.1 Å². The molecule has 6 nitrogen and oxygen atoms in total. The molecule has 1 saturated heterocycles. The molecule has 0 aliphatic carbocycles. The summed E-state index contributed by atoms with van der Waals surface area (Å²) in [6.45, 7) is 7.91. The summed E-state index contributed by atoms with van der Waals surface area (Å²) in [6, 6.07) is 13.3. The van der Waals surface area contributed by atoms with E-state index < -0.39 is 5.82 Å². The van der Waals surface area contributed by atoms with Crippen LogP contribution in [-0.2, 0) is 17.9 Å². The molecule has 3 aromatic rings. The summed E-state index contributed by atoms with van der Waals surface area (Å²) in [5, 5.41) is 7.50. The van der Waals surface area contributed by atoms with Crippen molar-refractivity contribution >= 4 is 11.6 Å². The molecular weight excluding hydrogens is 419 g/mol. The number of anilines is 1. The molecule has 1 aliphatic rings. The lowest BCUT2D eigenvalue weighted by Crippen LogP contribution is -2.37. The first-order valence-electron chi connectivity index (χ1n) is 11.6. The van der Waals surface area contributed by atoms with Crippen molar-refractivity contribution < 1.29 is 13.9 Å². The molecule has 0 spiro atoms. The topological polar surface area (TPSA) is 59.4 Å². The van der Waals surface area contributed by atoms with Gasteiger partial charge in [-0.05, 0) is 75.7 Å². The van der Waals surface area contributed by atoms with Crippen LogP contribution in [0.25, 0.3) is 0 Å². The van der Waals surface area contributed by atoms with Crippen molar-refractivity contribution in [3.63, 3.8) is 0 Å². The van der Waals surface area contributed by atoms with E-state index in [0.717, 1.165) is 45.4 Å². The highest BCUT2D eigenvalue weighted by Gasteiger charge is 2.25. The van der Waals surface area contributed by atoms with Crippen LogP contribution in [-0.4, -0.2) is 33.7 Å². The van der Waals surface area contributed by atoms with Gasteiger partial charge in [0, 0.05) is 36.0 Å². The second kappa shape index (κ2) is 10.6. The molecule has 1 N–H and O–H groups in total. The van der Waals surface area contributed by atoms with Gasteiger partial charge in [0.25, 0.3) is 0 Å². The Bertz CT molecular complexity index is 1070. The number of para-hydroxylation sites is 1. The summed E-state index contributed by atoms with van der Waals surface area (Å²) in [5.41, 5.74) is 3.21. The lowest BCUT2D eigenvalue weighted by molar-refractivity contribution is -0.121. The molecule has 2 heterocycles. The van der Waals surface area contributed by atoms with Gasteiger partial charge in [-0.1, -0.05) is 19.1 Å². The summed E-state index contributed by atoms with van der Waals surface area (Å²) < 4.78 is 21.4. The third kappa shape index (κ3) is 5.79. The van der Waals surface area contributed by atoms with Gasteiger partial charge in [-0.2, -0.15) is 5.10 Å². The highest BCUT2D eigenvalue weighted by Crippen LogP contribution is 2.26. The quantitative estimate of drug-likeness (QED) is 0.500. The molecule has 1 fully saturated rings. The maximum absolute atomic E-state index is 13.7. The minimum Gasteiger partial charge on any atom is -0.454 e. The highest BCUT2D eigenvalue weighted by molar-refractivity contribution is 5.92. The van der Waals surface area contributed by atoms with E-state index in [4.69, 9.17) is 4.74 Å². The molecule has 1 amide bonds. The molecule has 0 unspecified atom stereocenters. The van der Waals surface area contributed by atoms with Crippen molar-refractivity contribution in [3.8, 4) is 11.5 Å². The standard InChI is InChI=1S/C26H31FN4O2/c1-3-14-31-19(2)21(17-28-31)18-30-15-12-20(13-16-30)26(32)29-22-8-10-23(11-9-22)33-25-7-5-4-6-24(25)27/h4-11,17,20H,3,12-16,18H2,1-2H3,(H,29,32). The van der Waals surface area contributed by atoms with Gasteiger partial charge in [0.2, 0.25) is 5.91 Å². The first kappa shape index (κ1) is 23.0. The van der Waals surface area contributed by atoms with E-state index in [2.05, 4.69) is 33.8 Å². The fourth-order valence-electron chi connectivity index (χ4n) is 4.18. The number of hydrogen-bond acceptors (Lipinski definition) is 4. The van der Waals surface area contributed by atoms with Crippen molar-refractivity contribution in [1.29, 1.82) is 0 Å². The van der Waals surface area contributed by atoms with Gasteiger partial charge in [-0.3, -0.25) is 14.4 Å².